The van der Waals surface area contributed by atoms with Crippen molar-refractivity contribution in [3.63, 3.8) is 0 Å². The molecule has 0 nitrogen and oxygen atoms in total. The van der Waals surface area contributed by atoms with Crippen molar-refractivity contribution < 1.29 is 0 Å². The van der Waals surface area contributed by atoms with E-state index in [1.165, 1.54) is 164 Å². The SMILES string of the molecule is Cc1cc(C)c(C)c(C2=CCc3c(c4ccc(C)c5c6ccc7c(cc8c9cc(-c%10c(C)c(C)cc(C)c%10C)ccc9c9ccc(C)c7c98)c6cc3c45)C=C2)c1C. The van der Waals surface area contributed by atoms with Gasteiger partial charge in [0.25, 0.3) is 0 Å². The fraction of sp³-hybridized carbons (Fsp3) is 0.193. The van der Waals surface area contributed by atoms with Gasteiger partial charge in [-0.3, -0.25) is 0 Å². The number of fused-ring (bicyclic) bond motifs is 11. The van der Waals surface area contributed by atoms with Crippen molar-refractivity contribution in [3.05, 3.63) is 163 Å². The van der Waals surface area contributed by atoms with Crippen molar-refractivity contribution in [2.75, 3.05) is 0 Å². The topological polar surface area (TPSA) is 0 Å². The normalized spacial score (nSPS) is 13.4. The Morgan fingerprint density at radius 1 is 0.333 bits per heavy atom. The quantitative estimate of drug-likeness (QED) is 0.155. The van der Waals surface area contributed by atoms with Crippen LogP contribution >= 0.6 is 0 Å². The molecule has 0 saturated heterocycles. The molecule has 1 aliphatic carbocycles. The van der Waals surface area contributed by atoms with Gasteiger partial charge in [0.1, 0.15) is 0 Å². The monoisotopic (exact) mass is 732 g/mol. The van der Waals surface area contributed by atoms with Crippen molar-refractivity contribution in [1.82, 2.24) is 0 Å². The molecule has 0 atom stereocenters. The highest BCUT2D eigenvalue weighted by atomic mass is 14.3. The minimum atomic E-state index is 0.909. The summed E-state index contributed by atoms with van der Waals surface area (Å²) in [5.41, 5.74) is 21.9. The van der Waals surface area contributed by atoms with Gasteiger partial charge in [0, 0.05) is 0 Å². The van der Waals surface area contributed by atoms with Crippen molar-refractivity contribution in [2.24, 2.45) is 0 Å². The first-order valence-corrected chi connectivity index (χ1v) is 20.7. The summed E-state index contributed by atoms with van der Waals surface area (Å²) in [5.74, 6) is 0. The number of rotatable bonds is 2. The Balaban J connectivity index is 1.22. The smallest absolute Gasteiger partial charge is 0.00172 e. The molecule has 57 heavy (non-hydrogen) atoms. The molecule has 0 amide bonds. The fourth-order valence-electron chi connectivity index (χ4n) is 11.2. The molecule has 10 aromatic rings. The molecule has 0 aliphatic heterocycles. The molecular weight excluding hydrogens is 685 g/mol. The van der Waals surface area contributed by atoms with Gasteiger partial charge in [-0.15, -0.1) is 0 Å². The predicted octanol–water partition coefficient (Wildman–Crippen LogP) is 16.0. The molecule has 0 radical (unpaired) electrons. The van der Waals surface area contributed by atoms with Crippen LogP contribution in [0.4, 0.5) is 0 Å². The van der Waals surface area contributed by atoms with Crippen LogP contribution < -0.4 is 0 Å². The minimum Gasteiger partial charge on any atom is -0.0722 e. The summed E-state index contributed by atoms with van der Waals surface area (Å²) >= 11 is 0. The Morgan fingerprint density at radius 3 is 1.42 bits per heavy atom. The van der Waals surface area contributed by atoms with Gasteiger partial charge in [-0.25, -0.2) is 0 Å². The van der Waals surface area contributed by atoms with Crippen LogP contribution in [0.2, 0.25) is 0 Å². The fourth-order valence-corrected chi connectivity index (χ4v) is 11.2. The van der Waals surface area contributed by atoms with Crippen LogP contribution in [-0.4, -0.2) is 0 Å². The largest absolute Gasteiger partial charge is 0.0722 e. The number of aryl methyl sites for hydroxylation is 6. The molecule has 0 spiro atoms. The first-order valence-electron chi connectivity index (χ1n) is 20.7. The summed E-state index contributed by atoms with van der Waals surface area (Å²) in [6, 6.07) is 31.4. The number of hydrogen-bond acceptors (Lipinski definition) is 0. The van der Waals surface area contributed by atoms with Gasteiger partial charge < -0.3 is 0 Å². The van der Waals surface area contributed by atoms with Crippen LogP contribution in [0.1, 0.15) is 72.3 Å². The van der Waals surface area contributed by atoms with Gasteiger partial charge in [-0.1, -0.05) is 78.9 Å². The summed E-state index contributed by atoms with van der Waals surface area (Å²) in [4.78, 5) is 0. The highest BCUT2D eigenvalue weighted by molar-refractivity contribution is 6.38. The third kappa shape index (κ3) is 4.50. The lowest BCUT2D eigenvalue weighted by molar-refractivity contribution is 1.21. The summed E-state index contributed by atoms with van der Waals surface area (Å²) in [5, 5.41) is 19.2. The van der Waals surface area contributed by atoms with Crippen LogP contribution in [-0.2, 0) is 6.42 Å². The minimum absolute atomic E-state index is 0.909. The van der Waals surface area contributed by atoms with Crippen molar-refractivity contribution >= 4 is 87.1 Å². The van der Waals surface area contributed by atoms with E-state index >= 15 is 0 Å². The van der Waals surface area contributed by atoms with Crippen molar-refractivity contribution in [1.29, 1.82) is 0 Å². The second kappa shape index (κ2) is 11.8. The van der Waals surface area contributed by atoms with Gasteiger partial charge in [0.15, 0.2) is 0 Å². The molecule has 0 heteroatoms. The summed E-state index contributed by atoms with van der Waals surface area (Å²) < 4.78 is 0. The molecule has 0 fully saturated rings. The average molecular weight is 733 g/mol. The standard InChI is InChI=1S/C57H48/c1-28-11-16-43-40-18-13-38(54-34(7)30(3)23-31(4)35(54)8)14-19-41(40)50-26-48-45(52(28)56(43)50)21-22-46-49(48)27-51-47-25-39(55-36(9)32(5)24-33(6)37(55)10)15-20-42(47)44-17-12-29(2)53(46)57(44)51/h11-18,20-27H,19H2,1-10H3. The zero-order valence-corrected chi connectivity index (χ0v) is 34.9. The molecule has 276 valence electrons. The van der Waals surface area contributed by atoms with E-state index in [1.54, 1.807) is 0 Å². The van der Waals surface area contributed by atoms with Gasteiger partial charge >= 0.3 is 0 Å². The van der Waals surface area contributed by atoms with E-state index in [4.69, 9.17) is 0 Å². The molecule has 0 N–H and O–H groups in total. The van der Waals surface area contributed by atoms with Crippen LogP contribution in [0.3, 0.4) is 0 Å². The molecular formula is C57H48. The second-order valence-corrected chi connectivity index (χ2v) is 17.6. The van der Waals surface area contributed by atoms with Crippen LogP contribution in [0.5, 0.6) is 0 Å². The van der Waals surface area contributed by atoms with E-state index in [1.807, 2.05) is 0 Å². The summed E-state index contributed by atoms with van der Waals surface area (Å²) in [7, 11) is 0. The third-order valence-electron chi connectivity index (χ3n) is 14.6. The second-order valence-electron chi connectivity index (χ2n) is 17.6. The van der Waals surface area contributed by atoms with Crippen LogP contribution in [0.25, 0.3) is 98.2 Å². The lowest BCUT2D eigenvalue weighted by Crippen LogP contribution is -1.98. The molecule has 1 aliphatic rings. The van der Waals surface area contributed by atoms with Crippen molar-refractivity contribution in [2.45, 2.75) is 75.7 Å². The Bertz CT molecular complexity index is 3450. The predicted molar refractivity (Wildman–Crippen MR) is 251 cm³/mol. The Labute approximate surface area is 335 Å². The van der Waals surface area contributed by atoms with E-state index in [0.29, 0.717) is 0 Å². The highest BCUT2D eigenvalue weighted by Gasteiger charge is 2.24. The van der Waals surface area contributed by atoms with Crippen LogP contribution in [0.15, 0.2) is 91.0 Å². The van der Waals surface area contributed by atoms with Gasteiger partial charge in [-0.05, 0) is 258 Å². The van der Waals surface area contributed by atoms with E-state index in [2.05, 4.69) is 166 Å². The zero-order valence-electron chi connectivity index (χ0n) is 34.9. The number of hydrogen-bond donors (Lipinski definition) is 0. The molecule has 0 unspecified atom stereocenters. The maximum atomic E-state index is 2.57. The van der Waals surface area contributed by atoms with E-state index in [0.717, 1.165) is 6.42 Å². The summed E-state index contributed by atoms with van der Waals surface area (Å²) in [6.45, 7) is 22.8. The summed E-state index contributed by atoms with van der Waals surface area (Å²) in [6.07, 6.45) is 8.22. The zero-order chi connectivity index (χ0) is 39.3. The Morgan fingerprint density at radius 2 is 0.807 bits per heavy atom. The van der Waals surface area contributed by atoms with E-state index in [9.17, 15) is 0 Å². The van der Waals surface area contributed by atoms with Gasteiger partial charge in [0.2, 0.25) is 0 Å². The van der Waals surface area contributed by atoms with Crippen molar-refractivity contribution in [3.8, 4) is 11.1 Å². The third-order valence-corrected chi connectivity index (χ3v) is 14.6. The maximum Gasteiger partial charge on any atom is -0.00172 e. The van der Waals surface area contributed by atoms with E-state index < -0.39 is 0 Å². The molecule has 0 saturated carbocycles. The molecule has 11 rings (SSSR count). The molecule has 10 aromatic carbocycles. The van der Waals surface area contributed by atoms with Gasteiger partial charge in [0.05, 0.1) is 0 Å². The molecule has 0 aromatic heterocycles. The Hall–Kier alpha value is -5.98. The van der Waals surface area contributed by atoms with Crippen LogP contribution in [0, 0.1) is 69.2 Å². The van der Waals surface area contributed by atoms with E-state index in [-0.39, 0.29) is 0 Å². The van der Waals surface area contributed by atoms with Gasteiger partial charge in [-0.2, -0.15) is 0 Å². The number of allylic oxidation sites excluding steroid dienone is 3. The number of benzene rings is 8. The molecule has 0 bridgehead atoms. The Kier molecular flexibility index (Phi) is 7.08. The average Bonchev–Trinajstić information content (AvgIpc) is 3.56. The lowest BCUT2D eigenvalue weighted by atomic mass is 9.88. The highest BCUT2D eigenvalue weighted by Crippen LogP contribution is 2.49. The first-order chi connectivity index (χ1) is 27.4. The molecule has 0 heterocycles. The first kappa shape index (κ1) is 34.3. The maximum absolute atomic E-state index is 2.57. The lowest BCUT2D eigenvalue weighted by Gasteiger charge is -2.16.